The standard InChI is InChI=1S/C12H24N2O3/c1-5-8(2)10(13)11(17)14-12(3,4)7-6-9(15)16/h8,10H,5-7,13H2,1-4H3,(H,14,17)(H,15,16). The summed E-state index contributed by atoms with van der Waals surface area (Å²) in [5.41, 5.74) is 5.26. The van der Waals surface area contributed by atoms with E-state index in [1.54, 1.807) is 13.8 Å². The summed E-state index contributed by atoms with van der Waals surface area (Å²) in [5, 5.41) is 11.4. The van der Waals surface area contributed by atoms with Crippen molar-refractivity contribution in [3.05, 3.63) is 0 Å². The number of aliphatic carboxylic acids is 1. The molecule has 100 valence electrons. The predicted molar refractivity (Wildman–Crippen MR) is 66.5 cm³/mol. The topological polar surface area (TPSA) is 92.4 Å². The second-order valence-electron chi connectivity index (χ2n) is 5.18. The van der Waals surface area contributed by atoms with Crippen LogP contribution in [-0.2, 0) is 9.59 Å². The van der Waals surface area contributed by atoms with Crippen LogP contribution in [0.3, 0.4) is 0 Å². The van der Waals surface area contributed by atoms with Crippen LogP contribution in [0.4, 0.5) is 0 Å². The number of nitrogens with one attached hydrogen (secondary N) is 1. The number of hydrogen-bond acceptors (Lipinski definition) is 3. The number of carboxylic acid groups (broad SMARTS) is 1. The normalized spacial score (nSPS) is 15.1. The summed E-state index contributed by atoms with van der Waals surface area (Å²) >= 11 is 0. The zero-order valence-electron chi connectivity index (χ0n) is 11.1. The Hall–Kier alpha value is -1.10. The van der Waals surface area contributed by atoms with Crippen LogP contribution in [0.5, 0.6) is 0 Å². The van der Waals surface area contributed by atoms with Crippen LogP contribution in [0.2, 0.25) is 0 Å². The molecule has 0 aliphatic rings. The van der Waals surface area contributed by atoms with Crippen molar-refractivity contribution in [3.63, 3.8) is 0 Å². The van der Waals surface area contributed by atoms with Gasteiger partial charge in [-0.05, 0) is 26.2 Å². The molecule has 0 aliphatic carbocycles. The average Bonchev–Trinajstić information content (AvgIpc) is 2.23. The van der Waals surface area contributed by atoms with Crippen molar-refractivity contribution < 1.29 is 14.7 Å². The molecule has 0 fully saturated rings. The van der Waals surface area contributed by atoms with E-state index in [0.717, 1.165) is 6.42 Å². The van der Waals surface area contributed by atoms with Crippen molar-refractivity contribution in [2.45, 2.75) is 58.5 Å². The molecule has 5 heteroatoms. The van der Waals surface area contributed by atoms with Crippen LogP contribution in [0.1, 0.15) is 47.0 Å². The summed E-state index contributed by atoms with van der Waals surface area (Å²) in [5.74, 6) is -0.960. The van der Waals surface area contributed by atoms with E-state index in [-0.39, 0.29) is 18.2 Å². The Labute approximate surface area is 103 Å². The molecule has 0 saturated carbocycles. The van der Waals surface area contributed by atoms with Crippen molar-refractivity contribution in [2.75, 3.05) is 0 Å². The third kappa shape index (κ3) is 6.26. The SMILES string of the molecule is CCC(C)C(N)C(=O)NC(C)(C)CCC(=O)O. The molecule has 2 unspecified atom stereocenters. The molecule has 0 aliphatic heterocycles. The summed E-state index contributed by atoms with van der Waals surface area (Å²) in [4.78, 5) is 22.3. The molecule has 0 radical (unpaired) electrons. The lowest BCUT2D eigenvalue weighted by Crippen LogP contribution is -2.52. The number of amides is 1. The van der Waals surface area contributed by atoms with Gasteiger partial charge in [0.15, 0.2) is 0 Å². The number of carbonyl (C=O) groups is 2. The lowest BCUT2D eigenvalue weighted by molar-refractivity contribution is -0.138. The van der Waals surface area contributed by atoms with Crippen LogP contribution in [0.25, 0.3) is 0 Å². The van der Waals surface area contributed by atoms with Gasteiger partial charge in [-0.1, -0.05) is 20.3 Å². The zero-order valence-corrected chi connectivity index (χ0v) is 11.1. The molecular weight excluding hydrogens is 220 g/mol. The summed E-state index contributed by atoms with van der Waals surface area (Å²) < 4.78 is 0. The van der Waals surface area contributed by atoms with Crippen LogP contribution < -0.4 is 11.1 Å². The minimum atomic E-state index is -0.862. The van der Waals surface area contributed by atoms with Crippen LogP contribution in [0.15, 0.2) is 0 Å². The molecule has 0 aromatic rings. The van der Waals surface area contributed by atoms with E-state index in [9.17, 15) is 9.59 Å². The molecule has 0 spiro atoms. The average molecular weight is 244 g/mol. The van der Waals surface area contributed by atoms with E-state index in [0.29, 0.717) is 6.42 Å². The largest absolute Gasteiger partial charge is 0.481 e. The Morgan fingerprint density at radius 2 is 1.94 bits per heavy atom. The van der Waals surface area contributed by atoms with Crippen LogP contribution in [-0.4, -0.2) is 28.6 Å². The Balaban J connectivity index is 4.30. The first-order chi connectivity index (χ1) is 7.69. The highest BCUT2D eigenvalue weighted by Crippen LogP contribution is 2.13. The highest BCUT2D eigenvalue weighted by molar-refractivity contribution is 5.82. The van der Waals surface area contributed by atoms with Crippen molar-refractivity contribution in [3.8, 4) is 0 Å². The van der Waals surface area contributed by atoms with Crippen molar-refractivity contribution in [1.82, 2.24) is 5.32 Å². The van der Waals surface area contributed by atoms with Gasteiger partial charge in [-0.25, -0.2) is 0 Å². The molecule has 0 aromatic carbocycles. The van der Waals surface area contributed by atoms with Gasteiger partial charge >= 0.3 is 5.97 Å². The third-order valence-electron chi connectivity index (χ3n) is 2.99. The summed E-state index contributed by atoms with van der Waals surface area (Å²) in [6.45, 7) is 7.51. The monoisotopic (exact) mass is 244 g/mol. The minimum absolute atomic E-state index is 0.0336. The fourth-order valence-corrected chi connectivity index (χ4v) is 1.41. The van der Waals surface area contributed by atoms with Crippen molar-refractivity contribution in [2.24, 2.45) is 11.7 Å². The number of rotatable bonds is 7. The number of carbonyl (C=O) groups excluding carboxylic acids is 1. The lowest BCUT2D eigenvalue weighted by Gasteiger charge is -2.28. The van der Waals surface area contributed by atoms with Gasteiger partial charge in [-0.3, -0.25) is 9.59 Å². The van der Waals surface area contributed by atoms with Gasteiger partial charge in [-0.2, -0.15) is 0 Å². The summed E-state index contributed by atoms with van der Waals surface area (Å²) in [7, 11) is 0. The first-order valence-electron chi connectivity index (χ1n) is 5.99. The second kappa shape index (κ2) is 6.59. The molecule has 0 bridgehead atoms. The molecule has 0 heterocycles. The molecule has 4 N–H and O–H groups in total. The molecule has 17 heavy (non-hydrogen) atoms. The Kier molecular flexibility index (Phi) is 6.16. The molecule has 1 amide bonds. The van der Waals surface area contributed by atoms with E-state index in [1.165, 1.54) is 0 Å². The molecule has 5 nitrogen and oxygen atoms in total. The zero-order chi connectivity index (χ0) is 13.6. The molecule has 2 atom stereocenters. The first-order valence-corrected chi connectivity index (χ1v) is 5.99. The minimum Gasteiger partial charge on any atom is -0.481 e. The molecule has 0 aromatic heterocycles. The Morgan fingerprint density at radius 3 is 2.35 bits per heavy atom. The van der Waals surface area contributed by atoms with Gasteiger partial charge < -0.3 is 16.2 Å². The fraction of sp³-hybridized carbons (Fsp3) is 0.833. The quantitative estimate of drug-likeness (QED) is 0.625. The van der Waals surface area contributed by atoms with Gasteiger partial charge in [0.25, 0.3) is 0 Å². The van der Waals surface area contributed by atoms with E-state index >= 15 is 0 Å². The smallest absolute Gasteiger partial charge is 0.303 e. The maximum Gasteiger partial charge on any atom is 0.303 e. The lowest BCUT2D eigenvalue weighted by atomic mass is 9.95. The Morgan fingerprint density at radius 1 is 1.41 bits per heavy atom. The van der Waals surface area contributed by atoms with Gasteiger partial charge in [0.2, 0.25) is 5.91 Å². The van der Waals surface area contributed by atoms with Crippen LogP contribution >= 0.6 is 0 Å². The fourth-order valence-electron chi connectivity index (χ4n) is 1.41. The second-order valence-corrected chi connectivity index (χ2v) is 5.18. The number of hydrogen-bond donors (Lipinski definition) is 3. The van der Waals surface area contributed by atoms with E-state index < -0.39 is 17.6 Å². The highest BCUT2D eigenvalue weighted by Gasteiger charge is 2.26. The molecule has 0 saturated heterocycles. The third-order valence-corrected chi connectivity index (χ3v) is 2.99. The summed E-state index contributed by atoms with van der Waals surface area (Å²) in [6, 6.07) is -0.538. The van der Waals surface area contributed by atoms with E-state index in [2.05, 4.69) is 5.32 Å². The highest BCUT2D eigenvalue weighted by atomic mass is 16.4. The van der Waals surface area contributed by atoms with Crippen molar-refractivity contribution in [1.29, 1.82) is 0 Å². The number of nitrogens with two attached hydrogens (primary N) is 1. The van der Waals surface area contributed by atoms with Gasteiger partial charge in [0, 0.05) is 12.0 Å². The van der Waals surface area contributed by atoms with Gasteiger partial charge in [0.05, 0.1) is 6.04 Å². The predicted octanol–water partition coefficient (Wildman–Crippen LogP) is 1.12. The van der Waals surface area contributed by atoms with E-state index in [4.69, 9.17) is 10.8 Å². The van der Waals surface area contributed by atoms with E-state index in [1.807, 2.05) is 13.8 Å². The Bertz CT molecular complexity index is 277. The maximum atomic E-state index is 11.8. The maximum absolute atomic E-state index is 11.8. The van der Waals surface area contributed by atoms with Gasteiger partial charge in [-0.15, -0.1) is 0 Å². The molecular formula is C12H24N2O3. The number of carboxylic acids is 1. The van der Waals surface area contributed by atoms with Crippen molar-refractivity contribution >= 4 is 11.9 Å². The first kappa shape index (κ1) is 15.9. The van der Waals surface area contributed by atoms with Gasteiger partial charge in [0.1, 0.15) is 0 Å². The van der Waals surface area contributed by atoms with Crippen LogP contribution in [0, 0.1) is 5.92 Å². The summed E-state index contributed by atoms with van der Waals surface area (Å²) in [6.07, 6.45) is 1.26. The molecule has 0 rings (SSSR count).